The Morgan fingerprint density at radius 1 is 0.935 bits per heavy atom. The van der Waals surface area contributed by atoms with Gasteiger partial charge in [0, 0.05) is 40.1 Å². The second-order valence-electron chi connectivity index (χ2n) is 7.35. The number of rotatable bonds is 6. The van der Waals surface area contributed by atoms with Crippen LogP contribution in [0.15, 0.2) is 59.6 Å². The molecule has 1 N–H and O–H groups in total. The van der Waals surface area contributed by atoms with Gasteiger partial charge in [0.05, 0.1) is 11.4 Å². The van der Waals surface area contributed by atoms with Gasteiger partial charge in [-0.1, -0.05) is 47.1 Å². The quantitative estimate of drug-likeness (QED) is 0.434. The highest BCUT2D eigenvalue weighted by Gasteiger charge is 2.11. The predicted octanol–water partition coefficient (Wildman–Crippen LogP) is 6.17. The molecule has 3 aromatic rings. The van der Waals surface area contributed by atoms with Crippen molar-refractivity contribution in [3.8, 4) is 11.3 Å². The van der Waals surface area contributed by atoms with E-state index in [2.05, 4.69) is 44.7 Å². The lowest BCUT2D eigenvalue weighted by atomic mass is 10.1. The number of carbonyl (C=O) groups excluding carboxylic acids is 1. The third-order valence-corrected chi connectivity index (χ3v) is 6.38. The first-order valence-corrected chi connectivity index (χ1v) is 11.9. The number of thioether (sulfide) groups is 1. The lowest BCUT2D eigenvalue weighted by Crippen LogP contribution is -2.29. The van der Waals surface area contributed by atoms with Crippen LogP contribution in [0.5, 0.6) is 0 Å². The first kappa shape index (κ1) is 21.9. The molecule has 5 nitrogen and oxygen atoms in total. The number of halogens is 2. The minimum Gasteiger partial charge on any atom is -0.372 e. The molecule has 1 amide bonds. The molecule has 1 fully saturated rings. The number of benzene rings is 2. The molecule has 2 heterocycles. The Hall–Kier alpha value is -2.28. The molecule has 1 aliphatic rings. The van der Waals surface area contributed by atoms with Crippen LogP contribution in [-0.2, 0) is 4.79 Å². The van der Waals surface area contributed by atoms with Crippen molar-refractivity contribution in [3.63, 3.8) is 0 Å². The fourth-order valence-electron chi connectivity index (χ4n) is 3.51. The average molecular weight is 473 g/mol. The highest BCUT2D eigenvalue weighted by molar-refractivity contribution is 7.99. The lowest BCUT2D eigenvalue weighted by molar-refractivity contribution is -0.113. The van der Waals surface area contributed by atoms with Crippen LogP contribution in [0.3, 0.4) is 0 Å². The number of hydrogen-bond acceptors (Lipinski definition) is 5. The maximum absolute atomic E-state index is 12.2. The third-order valence-electron chi connectivity index (χ3n) is 5.02. The Balaban J connectivity index is 1.32. The normalized spacial score (nSPS) is 13.8. The number of anilines is 2. The molecule has 8 heteroatoms. The van der Waals surface area contributed by atoms with E-state index < -0.39 is 0 Å². The average Bonchev–Trinajstić information content (AvgIpc) is 2.78. The zero-order chi connectivity index (χ0) is 21.6. The van der Waals surface area contributed by atoms with E-state index >= 15 is 0 Å². The monoisotopic (exact) mass is 472 g/mol. The molecule has 1 saturated heterocycles. The summed E-state index contributed by atoms with van der Waals surface area (Å²) in [6, 6.07) is 17.2. The summed E-state index contributed by atoms with van der Waals surface area (Å²) in [6.07, 6.45) is 3.85. The Kier molecular flexibility index (Phi) is 7.33. The summed E-state index contributed by atoms with van der Waals surface area (Å²) < 4.78 is 0. The number of carbonyl (C=O) groups is 1. The van der Waals surface area contributed by atoms with Gasteiger partial charge in [-0.05, 0) is 61.7 Å². The summed E-state index contributed by atoms with van der Waals surface area (Å²) in [5.41, 5.74) is 3.67. The Morgan fingerprint density at radius 3 is 2.29 bits per heavy atom. The number of nitrogens with one attached hydrogen (secondary N) is 1. The van der Waals surface area contributed by atoms with Crippen LogP contribution in [0.1, 0.15) is 19.3 Å². The second-order valence-corrected chi connectivity index (χ2v) is 9.21. The van der Waals surface area contributed by atoms with E-state index in [0.717, 1.165) is 24.3 Å². The Bertz CT molecular complexity index is 1020. The molecule has 0 radical (unpaired) electrons. The summed E-state index contributed by atoms with van der Waals surface area (Å²) in [5.74, 6) is 0.0467. The van der Waals surface area contributed by atoms with Crippen LogP contribution in [0, 0.1) is 0 Å². The Morgan fingerprint density at radius 2 is 1.65 bits per heavy atom. The van der Waals surface area contributed by atoms with Gasteiger partial charge in [-0.25, -0.2) is 0 Å². The van der Waals surface area contributed by atoms with E-state index in [1.165, 1.54) is 36.7 Å². The minimum absolute atomic E-state index is 0.164. The van der Waals surface area contributed by atoms with Crippen LogP contribution in [0.4, 0.5) is 11.4 Å². The van der Waals surface area contributed by atoms with Crippen molar-refractivity contribution >= 4 is 52.2 Å². The molecule has 1 aliphatic heterocycles. The molecule has 0 atom stereocenters. The van der Waals surface area contributed by atoms with E-state index in [0.29, 0.717) is 20.8 Å². The number of aromatic nitrogens is 2. The smallest absolute Gasteiger partial charge is 0.234 e. The van der Waals surface area contributed by atoms with E-state index in [1.807, 2.05) is 12.1 Å². The van der Waals surface area contributed by atoms with Gasteiger partial charge in [0.2, 0.25) is 5.91 Å². The molecular formula is C23H22Cl2N4OS. The summed E-state index contributed by atoms with van der Waals surface area (Å²) >= 11 is 13.2. The molecule has 31 heavy (non-hydrogen) atoms. The van der Waals surface area contributed by atoms with E-state index in [9.17, 15) is 4.79 Å². The SMILES string of the molecule is O=C(CSc1ccc(-c2ccc(N3CCCCC3)cc2)nn1)Nc1cc(Cl)cc(Cl)c1. The molecule has 0 bridgehead atoms. The third kappa shape index (κ3) is 6.12. The summed E-state index contributed by atoms with van der Waals surface area (Å²) in [7, 11) is 0. The molecule has 4 rings (SSSR count). The molecular weight excluding hydrogens is 451 g/mol. The number of piperidine rings is 1. The second kappa shape index (κ2) is 10.4. The van der Waals surface area contributed by atoms with Gasteiger partial charge in [-0.2, -0.15) is 0 Å². The molecule has 0 spiro atoms. The number of nitrogens with zero attached hydrogens (tertiary/aromatic N) is 3. The van der Waals surface area contributed by atoms with Crippen molar-refractivity contribution in [1.29, 1.82) is 0 Å². The largest absolute Gasteiger partial charge is 0.372 e. The molecule has 0 saturated carbocycles. The van der Waals surface area contributed by atoms with Crippen LogP contribution in [-0.4, -0.2) is 34.9 Å². The van der Waals surface area contributed by atoms with E-state index in [-0.39, 0.29) is 11.7 Å². The number of hydrogen-bond donors (Lipinski definition) is 1. The predicted molar refractivity (Wildman–Crippen MR) is 129 cm³/mol. The summed E-state index contributed by atoms with van der Waals surface area (Å²) in [4.78, 5) is 14.6. The van der Waals surface area contributed by atoms with E-state index in [4.69, 9.17) is 23.2 Å². The highest BCUT2D eigenvalue weighted by atomic mass is 35.5. The van der Waals surface area contributed by atoms with Gasteiger partial charge < -0.3 is 10.2 Å². The van der Waals surface area contributed by atoms with Crippen molar-refractivity contribution in [2.75, 3.05) is 29.1 Å². The minimum atomic E-state index is -0.164. The summed E-state index contributed by atoms with van der Waals surface area (Å²) in [5, 5.41) is 13.0. The van der Waals surface area contributed by atoms with Gasteiger partial charge in [0.25, 0.3) is 0 Å². The van der Waals surface area contributed by atoms with Crippen molar-refractivity contribution in [3.05, 3.63) is 64.6 Å². The Labute approximate surface area is 196 Å². The fourth-order valence-corrected chi connectivity index (χ4v) is 4.65. The highest BCUT2D eigenvalue weighted by Crippen LogP contribution is 2.26. The van der Waals surface area contributed by atoms with Crippen molar-refractivity contribution in [1.82, 2.24) is 10.2 Å². The maximum atomic E-state index is 12.2. The van der Waals surface area contributed by atoms with Crippen molar-refractivity contribution in [2.45, 2.75) is 24.3 Å². The zero-order valence-electron chi connectivity index (χ0n) is 16.9. The van der Waals surface area contributed by atoms with Crippen LogP contribution < -0.4 is 10.2 Å². The van der Waals surface area contributed by atoms with Gasteiger partial charge >= 0.3 is 0 Å². The van der Waals surface area contributed by atoms with Crippen LogP contribution >= 0.6 is 35.0 Å². The number of amides is 1. The van der Waals surface area contributed by atoms with Crippen molar-refractivity contribution in [2.24, 2.45) is 0 Å². The van der Waals surface area contributed by atoms with Crippen LogP contribution in [0.25, 0.3) is 11.3 Å². The van der Waals surface area contributed by atoms with E-state index in [1.54, 1.807) is 18.2 Å². The first-order valence-electron chi connectivity index (χ1n) is 10.1. The topological polar surface area (TPSA) is 58.1 Å². The van der Waals surface area contributed by atoms with Crippen molar-refractivity contribution < 1.29 is 4.79 Å². The molecule has 160 valence electrons. The van der Waals surface area contributed by atoms with Crippen LogP contribution in [0.2, 0.25) is 10.0 Å². The maximum Gasteiger partial charge on any atom is 0.234 e. The molecule has 1 aromatic heterocycles. The standard InChI is InChI=1S/C23H22Cl2N4OS/c24-17-12-18(25)14-19(13-17)26-22(30)15-31-23-9-8-21(27-28-23)16-4-6-20(7-5-16)29-10-2-1-3-11-29/h4-9,12-14H,1-3,10-11,15H2,(H,26,30). The first-order chi connectivity index (χ1) is 15.1. The van der Waals surface area contributed by atoms with Gasteiger partial charge in [-0.15, -0.1) is 10.2 Å². The van der Waals surface area contributed by atoms with Gasteiger partial charge in [0.15, 0.2) is 0 Å². The van der Waals surface area contributed by atoms with Gasteiger partial charge in [0.1, 0.15) is 5.03 Å². The molecule has 0 unspecified atom stereocenters. The fraction of sp³-hybridized carbons (Fsp3) is 0.261. The summed E-state index contributed by atoms with van der Waals surface area (Å²) in [6.45, 7) is 2.26. The lowest BCUT2D eigenvalue weighted by Gasteiger charge is -2.28. The molecule has 0 aliphatic carbocycles. The zero-order valence-corrected chi connectivity index (χ0v) is 19.2. The van der Waals surface area contributed by atoms with Gasteiger partial charge in [-0.3, -0.25) is 4.79 Å². The molecule has 2 aromatic carbocycles.